The average molecular weight is 288 g/mol. The summed E-state index contributed by atoms with van der Waals surface area (Å²) in [6, 6.07) is 6.00. The first kappa shape index (κ1) is 15.8. The molecule has 1 aromatic carbocycles. The van der Waals surface area contributed by atoms with Gasteiger partial charge in [0.1, 0.15) is 0 Å². The molecule has 0 saturated heterocycles. The predicted octanol–water partition coefficient (Wildman–Crippen LogP) is 5.12. The highest BCUT2D eigenvalue weighted by Gasteiger charge is 2.18. The molecule has 0 amide bonds. The van der Waals surface area contributed by atoms with Crippen molar-refractivity contribution in [1.29, 1.82) is 0 Å². The van der Waals surface area contributed by atoms with Crippen molar-refractivity contribution < 1.29 is 0 Å². The average Bonchev–Trinajstić information content (AvgIpc) is 2.37. The first-order chi connectivity index (χ1) is 8.60. The smallest absolute Gasteiger partial charge is 0.0595 e. The van der Waals surface area contributed by atoms with Gasteiger partial charge in [0.2, 0.25) is 0 Å². The lowest BCUT2D eigenvalue weighted by Crippen LogP contribution is -2.26. The van der Waals surface area contributed by atoms with E-state index in [-0.39, 0.29) is 0 Å². The minimum atomic E-state index is 0.497. The van der Waals surface area contributed by atoms with Gasteiger partial charge < -0.3 is 5.32 Å². The Balaban J connectivity index is 2.83. The van der Waals surface area contributed by atoms with Crippen LogP contribution in [-0.2, 0) is 0 Å². The molecule has 3 heteroatoms. The van der Waals surface area contributed by atoms with E-state index in [0.29, 0.717) is 21.9 Å². The van der Waals surface area contributed by atoms with Crippen LogP contribution in [0.1, 0.15) is 45.1 Å². The summed E-state index contributed by atoms with van der Waals surface area (Å²) in [5, 5.41) is 4.79. The molecule has 0 radical (unpaired) electrons. The van der Waals surface area contributed by atoms with Crippen molar-refractivity contribution in [3.05, 3.63) is 33.8 Å². The van der Waals surface area contributed by atoms with Crippen molar-refractivity contribution in [2.75, 3.05) is 13.1 Å². The fourth-order valence-corrected chi connectivity index (χ4v) is 2.42. The topological polar surface area (TPSA) is 12.0 Å². The summed E-state index contributed by atoms with van der Waals surface area (Å²) in [6.45, 7) is 8.77. The van der Waals surface area contributed by atoms with Crippen LogP contribution in [0.15, 0.2) is 18.2 Å². The number of hydrogen-bond acceptors (Lipinski definition) is 1. The summed E-state index contributed by atoms with van der Waals surface area (Å²) in [5.41, 5.74) is 1.28. The molecule has 0 saturated carbocycles. The predicted molar refractivity (Wildman–Crippen MR) is 81.8 cm³/mol. The van der Waals surface area contributed by atoms with E-state index >= 15 is 0 Å². The number of rotatable bonds is 7. The normalized spacial score (nSPS) is 14.5. The third kappa shape index (κ3) is 4.46. The Morgan fingerprint density at radius 3 is 2.44 bits per heavy atom. The van der Waals surface area contributed by atoms with Crippen molar-refractivity contribution >= 4 is 23.2 Å². The van der Waals surface area contributed by atoms with Crippen LogP contribution in [0.4, 0.5) is 0 Å². The van der Waals surface area contributed by atoms with E-state index in [1.54, 1.807) is 0 Å². The minimum Gasteiger partial charge on any atom is -0.316 e. The van der Waals surface area contributed by atoms with Gasteiger partial charge in [-0.3, -0.25) is 0 Å². The number of benzene rings is 1. The summed E-state index contributed by atoms with van der Waals surface area (Å²) < 4.78 is 0. The molecular formula is C15H23Cl2N. The fourth-order valence-electron chi connectivity index (χ4n) is 2.11. The molecule has 2 unspecified atom stereocenters. The van der Waals surface area contributed by atoms with Crippen LogP contribution in [0.5, 0.6) is 0 Å². The number of hydrogen-bond donors (Lipinski definition) is 1. The van der Waals surface area contributed by atoms with Crippen molar-refractivity contribution in [2.45, 2.75) is 39.5 Å². The maximum atomic E-state index is 6.11. The van der Waals surface area contributed by atoms with Gasteiger partial charge in [0, 0.05) is 6.54 Å². The summed E-state index contributed by atoms with van der Waals surface area (Å²) in [6.07, 6.45) is 2.33. The van der Waals surface area contributed by atoms with Gasteiger partial charge in [-0.05, 0) is 42.5 Å². The van der Waals surface area contributed by atoms with Crippen molar-refractivity contribution in [3.63, 3.8) is 0 Å². The second-order valence-electron chi connectivity index (χ2n) is 4.87. The van der Waals surface area contributed by atoms with Gasteiger partial charge in [0.25, 0.3) is 0 Å². The fraction of sp³-hybridized carbons (Fsp3) is 0.600. The van der Waals surface area contributed by atoms with E-state index < -0.39 is 0 Å². The molecule has 1 nitrogen and oxygen atoms in total. The quantitative estimate of drug-likeness (QED) is 0.686. The Bertz CT molecular complexity index is 366. The number of nitrogens with one attached hydrogen (secondary N) is 1. The molecule has 1 rings (SSSR count). The Morgan fingerprint density at radius 1 is 1.17 bits per heavy atom. The van der Waals surface area contributed by atoms with Gasteiger partial charge >= 0.3 is 0 Å². The summed E-state index contributed by atoms with van der Waals surface area (Å²) in [4.78, 5) is 0. The molecule has 0 spiro atoms. The Kier molecular flexibility index (Phi) is 7.06. The third-order valence-corrected chi connectivity index (χ3v) is 4.23. The molecule has 1 N–H and O–H groups in total. The van der Waals surface area contributed by atoms with Gasteiger partial charge in [-0.2, -0.15) is 0 Å². The van der Waals surface area contributed by atoms with E-state index in [0.717, 1.165) is 19.5 Å². The van der Waals surface area contributed by atoms with Crippen LogP contribution < -0.4 is 5.32 Å². The van der Waals surface area contributed by atoms with Crippen molar-refractivity contribution in [3.8, 4) is 0 Å². The molecular weight excluding hydrogens is 265 g/mol. The molecule has 0 aliphatic carbocycles. The second kappa shape index (κ2) is 8.04. The molecule has 1 aromatic rings. The largest absolute Gasteiger partial charge is 0.316 e. The van der Waals surface area contributed by atoms with Gasteiger partial charge in [0.05, 0.1) is 10.0 Å². The van der Waals surface area contributed by atoms with E-state index in [4.69, 9.17) is 23.2 Å². The zero-order valence-electron chi connectivity index (χ0n) is 11.5. The van der Waals surface area contributed by atoms with Crippen LogP contribution in [0.2, 0.25) is 10.0 Å². The van der Waals surface area contributed by atoms with Crippen LogP contribution in [0.25, 0.3) is 0 Å². The van der Waals surface area contributed by atoms with Crippen LogP contribution >= 0.6 is 23.2 Å². The lowest BCUT2D eigenvalue weighted by atomic mass is 9.85. The summed E-state index contributed by atoms with van der Waals surface area (Å²) in [7, 11) is 0. The third-order valence-electron chi connectivity index (χ3n) is 3.49. The highest BCUT2D eigenvalue weighted by Crippen LogP contribution is 2.31. The highest BCUT2D eigenvalue weighted by atomic mass is 35.5. The Hall–Kier alpha value is -0.240. The van der Waals surface area contributed by atoms with Crippen LogP contribution in [0.3, 0.4) is 0 Å². The molecule has 102 valence electrons. The van der Waals surface area contributed by atoms with E-state index in [1.807, 2.05) is 12.1 Å². The molecule has 2 atom stereocenters. The van der Waals surface area contributed by atoms with Crippen LogP contribution in [0, 0.1) is 5.92 Å². The zero-order chi connectivity index (χ0) is 13.5. The van der Waals surface area contributed by atoms with Crippen molar-refractivity contribution in [1.82, 2.24) is 5.32 Å². The lowest BCUT2D eigenvalue weighted by molar-refractivity contribution is 0.421. The maximum absolute atomic E-state index is 6.11. The Morgan fingerprint density at radius 2 is 1.89 bits per heavy atom. The van der Waals surface area contributed by atoms with Gasteiger partial charge in [0.15, 0.2) is 0 Å². The SMILES string of the molecule is CCCNCC(c1ccc(Cl)c(Cl)c1)C(C)CC. The molecule has 0 fully saturated rings. The first-order valence-corrected chi connectivity index (χ1v) is 7.51. The summed E-state index contributed by atoms with van der Waals surface area (Å²) >= 11 is 12.1. The van der Waals surface area contributed by atoms with E-state index in [9.17, 15) is 0 Å². The lowest BCUT2D eigenvalue weighted by Gasteiger charge is -2.24. The molecule has 0 heterocycles. The Labute approximate surface area is 121 Å². The van der Waals surface area contributed by atoms with Gasteiger partial charge in [-0.15, -0.1) is 0 Å². The first-order valence-electron chi connectivity index (χ1n) is 6.75. The van der Waals surface area contributed by atoms with Gasteiger partial charge in [-0.25, -0.2) is 0 Å². The van der Waals surface area contributed by atoms with E-state index in [2.05, 4.69) is 32.2 Å². The standard InChI is InChI=1S/C15H23Cl2N/c1-4-8-18-10-13(11(3)5-2)12-6-7-14(16)15(17)9-12/h6-7,9,11,13,18H,4-5,8,10H2,1-3H3. The van der Waals surface area contributed by atoms with E-state index in [1.165, 1.54) is 12.0 Å². The molecule has 0 aliphatic heterocycles. The molecule has 18 heavy (non-hydrogen) atoms. The second-order valence-corrected chi connectivity index (χ2v) is 5.68. The summed E-state index contributed by atoms with van der Waals surface area (Å²) in [5.74, 6) is 1.13. The van der Waals surface area contributed by atoms with Gasteiger partial charge in [-0.1, -0.05) is 56.5 Å². The van der Waals surface area contributed by atoms with Crippen molar-refractivity contribution in [2.24, 2.45) is 5.92 Å². The zero-order valence-corrected chi connectivity index (χ0v) is 13.0. The number of halogens is 2. The monoisotopic (exact) mass is 287 g/mol. The highest BCUT2D eigenvalue weighted by molar-refractivity contribution is 6.42. The maximum Gasteiger partial charge on any atom is 0.0595 e. The minimum absolute atomic E-state index is 0.497. The molecule has 0 aromatic heterocycles. The van der Waals surface area contributed by atoms with Crippen LogP contribution in [-0.4, -0.2) is 13.1 Å². The molecule has 0 bridgehead atoms. The molecule has 0 aliphatic rings.